The van der Waals surface area contributed by atoms with Crippen LogP contribution in [0.1, 0.15) is 11.1 Å². The Morgan fingerprint density at radius 2 is 1.25 bits per heavy atom. The molecule has 0 spiro atoms. The largest absolute Gasteiger partial charge is 0.306 e. The number of aromatic nitrogens is 1. The van der Waals surface area contributed by atoms with Crippen molar-refractivity contribution in [1.29, 1.82) is 0 Å². The molecule has 1 aromatic heterocycles. The van der Waals surface area contributed by atoms with Gasteiger partial charge >= 0.3 is 0 Å². The highest BCUT2D eigenvalue weighted by Gasteiger charge is 2.35. The average Bonchev–Trinajstić information content (AvgIpc) is 3.29. The lowest BCUT2D eigenvalue weighted by Crippen LogP contribution is -2.26. The molecule has 5 heteroatoms. The van der Waals surface area contributed by atoms with Gasteiger partial charge in [-0.3, -0.25) is 4.98 Å². The van der Waals surface area contributed by atoms with Gasteiger partial charge in [-0.1, -0.05) is 163 Å². The van der Waals surface area contributed by atoms with E-state index in [4.69, 9.17) is 11.8 Å². The van der Waals surface area contributed by atoms with Crippen LogP contribution < -0.4 is 25.7 Å². The van der Waals surface area contributed by atoms with Crippen molar-refractivity contribution in [3.05, 3.63) is 212 Å². The number of benzene rings is 8. The van der Waals surface area contributed by atoms with Gasteiger partial charge in [0, 0.05) is 23.2 Å². The van der Waals surface area contributed by atoms with Crippen LogP contribution in [0.4, 0.5) is 34.1 Å². The quantitative estimate of drug-likeness (QED) is 0.157. The molecular formula is C52H36N3PS. The van der Waals surface area contributed by atoms with E-state index in [0.717, 1.165) is 40.4 Å². The molecule has 0 N–H and O–H groups in total. The molecule has 0 fully saturated rings. The summed E-state index contributed by atoms with van der Waals surface area (Å²) in [6.45, 7) is 0. The summed E-state index contributed by atoms with van der Waals surface area (Å²) in [6, 6.07) is 63.5. The van der Waals surface area contributed by atoms with Crippen LogP contribution in [0, 0.1) is 0 Å². The van der Waals surface area contributed by atoms with Crippen LogP contribution in [0.25, 0.3) is 38.7 Å². The minimum atomic E-state index is -2.40. The maximum Gasteiger partial charge on any atom is 0.0745 e. The smallest absolute Gasteiger partial charge is 0.0745 e. The van der Waals surface area contributed by atoms with Crippen LogP contribution in [-0.4, -0.2) is 4.98 Å². The Labute approximate surface area is 337 Å². The Morgan fingerprint density at radius 1 is 0.544 bits per heavy atom. The second kappa shape index (κ2) is 13.6. The molecule has 0 saturated carbocycles. The molecule has 0 atom stereocenters. The molecule has 1 aliphatic carbocycles. The minimum absolute atomic E-state index is 0.853. The second-order valence-corrected chi connectivity index (χ2v) is 19.0. The van der Waals surface area contributed by atoms with Crippen molar-refractivity contribution >= 4 is 95.5 Å². The van der Waals surface area contributed by atoms with Crippen molar-refractivity contribution in [3.63, 3.8) is 0 Å². The number of rotatable bonds is 6. The average molecular weight is 766 g/mol. The van der Waals surface area contributed by atoms with Crippen molar-refractivity contribution in [3.8, 4) is 11.1 Å². The van der Waals surface area contributed by atoms with E-state index >= 15 is 0 Å². The predicted molar refractivity (Wildman–Crippen MR) is 246 cm³/mol. The number of anilines is 6. The number of hydrogen-bond donors (Lipinski definition) is 0. The Bertz CT molecular complexity index is 3030. The Hall–Kier alpha value is -6.58. The summed E-state index contributed by atoms with van der Waals surface area (Å²) >= 11 is 6.89. The zero-order valence-electron chi connectivity index (χ0n) is 31.0. The predicted octanol–water partition coefficient (Wildman–Crippen LogP) is 12.6. The van der Waals surface area contributed by atoms with Gasteiger partial charge in [0.1, 0.15) is 0 Å². The van der Waals surface area contributed by atoms with Crippen molar-refractivity contribution in [2.24, 2.45) is 0 Å². The van der Waals surface area contributed by atoms with E-state index in [2.05, 4.69) is 203 Å². The van der Waals surface area contributed by atoms with E-state index < -0.39 is 6.04 Å². The minimum Gasteiger partial charge on any atom is -0.306 e. The Balaban J connectivity index is 1.17. The maximum absolute atomic E-state index is 6.89. The van der Waals surface area contributed by atoms with E-state index in [1.54, 1.807) is 0 Å². The van der Waals surface area contributed by atoms with Gasteiger partial charge < -0.3 is 9.80 Å². The van der Waals surface area contributed by atoms with Gasteiger partial charge in [-0.05, 0) is 103 Å². The molecule has 0 bridgehead atoms. The van der Waals surface area contributed by atoms with Crippen LogP contribution in [0.15, 0.2) is 200 Å². The molecule has 0 unspecified atom stereocenters. The number of hydrogen-bond acceptors (Lipinski definition) is 4. The molecule has 0 saturated heterocycles. The number of pyridine rings is 1. The SMILES string of the molecule is S=P(c1ccccc1)(c1ccccc1)c1cccc2c(-c3ccc4c(c3)N(c3cccnc3)c3cc5cccc6c5c(c3N4c3ccccc3)CC=C6)cccc12. The van der Waals surface area contributed by atoms with Gasteiger partial charge in [0.2, 0.25) is 0 Å². The number of para-hydroxylation sites is 1. The fraction of sp³-hybridized carbons (Fsp3) is 0.0192. The van der Waals surface area contributed by atoms with E-state index in [0.29, 0.717) is 0 Å². The Morgan fingerprint density at radius 3 is 2.00 bits per heavy atom. The van der Waals surface area contributed by atoms with Crippen molar-refractivity contribution in [1.82, 2.24) is 4.98 Å². The zero-order valence-corrected chi connectivity index (χ0v) is 32.7. The maximum atomic E-state index is 6.89. The summed E-state index contributed by atoms with van der Waals surface area (Å²) < 4.78 is 0. The third kappa shape index (κ3) is 5.33. The molecule has 2 heterocycles. The van der Waals surface area contributed by atoms with Gasteiger partial charge in [-0.25, -0.2) is 0 Å². The molecule has 1 aliphatic heterocycles. The molecule has 0 radical (unpaired) electrons. The summed E-state index contributed by atoms with van der Waals surface area (Å²) in [6.07, 6.45) is 9.26. The fourth-order valence-electron chi connectivity index (χ4n) is 9.05. The molecule has 270 valence electrons. The van der Waals surface area contributed by atoms with Crippen molar-refractivity contribution in [2.45, 2.75) is 6.42 Å². The van der Waals surface area contributed by atoms with Gasteiger partial charge in [-0.2, -0.15) is 0 Å². The summed E-state index contributed by atoms with van der Waals surface area (Å²) in [5.41, 5.74) is 11.6. The van der Waals surface area contributed by atoms with E-state index in [1.165, 1.54) is 59.8 Å². The third-order valence-corrected chi connectivity index (χ3v) is 16.5. The zero-order chi connectivity index (χ0) is 37.9. The second-order valence-electron chi connectivity index (χ2n) is 14.7. The van der Waals surface area contributed by atoms with Crippen LogP contribution >= 0.6 is 6.04 Å². The first-order chi connectivity index (χ1) is 28.2. The summed E-state index contributed by atoms with van der Waals surface area (Å²) in [5.74, 6) is 0. The van der Waals surface area contributed by atoms with E-state index in [-0.39, 0.29) is 0 Å². The molecule has 8 aromatic carbocycles. The molecule has 9 aromatic rings. The molecule has 2 aliphatic rings. The van der Waals surface area contributed by atoms with Gasteiger partial charge in [0.15, 0.2) is 0 Å². The Kier molecular flexibility index (Phi) is 8.03. The monoisotopic (exact) mass is 765 g/mol. The summed E-state index contributed by atoms with van der Waals surface area (Å²) in [7, 11) is 0. The summed E-state index contributed by atoms with van der Waals surface area (Å²) in [5, 5.41) is 8.54. The summed E-state index contributed by atoms with van der Waals surface area (Å²) in [4.78, 5) is 9.54. The highest BCUT2D eigenvalue weighted by atomic mass is 32.4. The van der Waals surface area contributed by atoms with Crippen LogP contribution in [0.2, 0.25) is 0 Å². The highest BCUT2D eigenvalue weighted by molar-refractivity contribution is 8.25. The lowest BCUT2D eigenvalue weighted by molar-refractivity contribution is 1.13. The van der Waals surface area contributed by atoms with E-state index in [9.17, 15) is 0 Å². The van der Waals surface area contributed by atoms with Gasteiger partial charge in [0.25, 0.3) is 0 Å². The van der Waals surface area contributed by atoms with Gasteiger partial charge in [0.05, 0.1) is 34.6 Å². The molecule has 3 nitrogen and oxygen atoms in total. The number of fused-ring (bicyclic) bond motifs is 4. The molecular weight excluding hydrogens is 730 g/mol. The standard InChI is InChI=1S/C52H36N3PS/c57-56(41-21-6-2-7-22-41,42-23-8-3-9-24-42)50-29-13-26-44-43(25-12-27-45(44)50)37-30-31-47-48(33-37)54(40-20-14-32-53-35-40)49-34-38-17-10-15-36-16-11-28-46(51(36)38)52(49)55(47)39-18-4-1-5-19-39/h1-27,29-35H,28H2. The normalized spacial score (nSPS) is 13.1. The van der Waals surface area contributed by atoms with Crippen LogP contribution in [0.5, 0.6) is 0 Å². The first kappa shape index (κ1) is 33.7. The number of nitrogens with zero attached hydrogens (tertiary/aromatic N) is 3. The topological polar surface area (TPSA) is 19.4 Å². The fourth-order valence-corrected chi connectivity index (χ4v) is 13.1. The van der Waals surface area contributed by atoms with Gasteiger partial charge in [-0.15, -0.1) is 0 Å². The van der Waals surface area contributed by atoms with Crippen molar-refractivity contribution < 1.29 is 0 Å². The molecule has 57 heavy (non-hydrogen) atoms. The first-order valence-electron chi connectivity index (χ1n) is 19.4. The van der Waals surface area contributed by atoms with E-state index in [1.807, 2.05) is 18.5 Å². The molecule has 11 rings (SSSR count). The molecule has 0 amide bonds. The number of allylic oxidation sites excluding steroid dienone is 1. The van der Waals surface area contributed by atoms with Crippen LogP contribution in [0.3, 0.4) is 0 Å². The van der Waals surface area contributed by atoms with Crippen LogP contribution in [-0.2, 0) is 18.2 Å². The lowest BCUT2D eigenvalue weighted by Gasteiger charge is -2.42. The first-order valence-corrected chi connectivity index (χ1v) is 22.2. The highest BCUT2D eigenvalue weighted by Crippen LogP contribution is 2.58. The lowest BCUT2D eigenvalue weighted by atomic mass is 9.88. The van der Waals surface area contributed by atoms with Crippen molar-refractivity contribution in [2.75, 3.05) is 9.80 Å². The third-order valence-electron chi connectivity index (χ3n) is 11.5.